The van der Waals surface area contributed by atoms with Gasteiger partial charge >= 0.3 is 0 Å². The van der Waals surface area contributed by atoms with Crippen molar-refractivity contribution in [2.45, 2.75) is 16.6 Å². The van der Waals surface area contributed by atoms with Gasteiger partial charge in [-0.2, -0.15) is 0 Å². The number of methoxy groups -OCH3 is 1. The highest BCUT2D eigenvalue weighted by atomic mass is 32.2. The monoisotopic (exact) mass is 416 g/mol. The van der Waals surface area contributed by atoms with Gasteiger partial charge < -0.3 is 14.5 Å². The predicted molar refractivity (Wildman–Crippen MR) is 110 cm³/mol. The van der Waals surface area contributed by atoms with Crippen LogP contribution in [0.15, 0.2) is 56.8 Å². The maximum atomic E-state index is 5.42. The summed E-state index contributed by atoms with van der Waals surface area (Å²) >= 11 is 4.78. The van der Waals surface area contributed by atoms with Crippen LogP contribution in [-0.4, -0.2) is 22.3 Å². The first-order valence-corrected chi connectivity index (χ1v) is 10.8. The molecule has 9 heteroatoms. The second kappa shape index (κ2) is 8.55. The van der Waals surface area contributed by atoms with Crippen molar-refractivity contribution in [2.75, 3.05) is 12.4 Å². The molecule has 0 unspecified atom stereocenters. The first-order chi connectivity index (χ1) is 13.3. The van der Waals surface area contributed by atoms with E-state index in [1.165, 1.54) is 11.3 Å². The number of thioether (sulfide) groups is 1. The van der Waals surface area contributed by atoms with Gasteiger partial charge in [0.25, 0.3) is 0 Å². The van der Waals surface area contributed by atoms with Crippen LogP contribution in [0.5, 0.6) is 5.75 Å². The Morgan fingerprint density at radius 1 is 1.19 bits per heavy atom. The van der Waals surface area contributed by atoms with Crippen molar-refractivity contribution in [1.29, 1.82) is 0 Å². The van der Waals surface area contributed by atoms with E-state index in [0.717, 1.165) is 43.0 Å². The topological polar surface area (TPSA) is 73.1 Å². The van der Waals surface area contributed by atoms with E-state index in [0.29, 0.717) is 6.54 Å². The van der Waals surface area contributed by atoms with Crippen LogP contribution in [0.1, 0.15) is 11.5 Å². The number of benzene rings is 1. The Hall–Kier alpha value is -2.36. The zero-order valence-corrected chi connectivity index (χ0v) is 16.9. The molecule has 138 valence electrons. The zero-order valence-electron chi connectivity index (χ0n) is 14.4. The Labute approximate surface area is 168 Å². The van der Waals surface area contributed by atoms with Gasteiger partial charge in [-0.05, 0) is 24.3 Å². The minimum Gasteiger partial charge on any atom is -0.496 e. The van der Waals surface area contributed by atoms with Gasteiger partial charge in [-0.1, -0.05) is 35.2 Å². The molecule has 1 aromatic carbocycles. The van der Waals surface area contributed by atoms with Crippen LogP contribution >= 0.6 is 34.4 Å². The molecular formula is C18H16N4O2S3. The standard InChI is InChI=1S/C18H16N4O2S3/c1-23-15-7-3-2-6-14(15)16-20-12(10-25-16)11-26-18-22-21-17(27-18)19-9-13-5-4-8-24-13/h2-8,10H,9,11H2,1H3,(H,19,21). The molecule has 3 aromatic heterocycles. The third kappa shape index (κ3) is 4.49. The average molecular weight is 417 g/mol. The van der Waals surface area contributed by atoms with E-state index in [-0.39, 0.29) is 0 Å². The van der Waals surface area contributed by atoms with Gasteiger partial charge in [-0.3, -0.25) is 0 Å². The fourth-order valence-electron chi connectivity index (χ4n) is 2.37. The van der Waals surface area contributed by atoms with E-state index in [1.54, 1.807) is 36.5 Å². The maximum Gasteiger partial charge on any atom is 0.206 e. The molecule has 0 atom stereocenters. The third-order valence-electron chi connectivity index (χ3n) is 3.63. The number of ether oxygens (including phenoxy) is 1. The number of furan rings is 1. The van der Waals surface area contributed by atoms with E-state index < -0.39 is 0 Å². The maximum absolute atomic E-state index is 5.42. The fourth-order valence-corrected chi connectivity index (χ4v) is 4.96. The minimum absolute atomic E-state index is 0.598. The van der Waals surface area contributed by atoms with Crippen LogP contribution < -0.4 is 10.1 Å². The Kier molecular flexibility index (Phi) is 5.71. The molecule has 0 saturated heterocycles. The predicted octanol–water partition coefficient (Wildman–Crippen LogP) is 5.17. The lowest BCUT2D eigenvalue weighted by molar-refractivity contribution is 0.416. The van der Waals surface area contributed by atoms with Gasteiger partial charge in [-0.15, -0.1) is 21.5 Å². The van der Waals surface area contributed by atoms with Crippen LogP contribution in [0.3, 0.4) is 0 Å². The molecule has 4 rings (SSSR count). The molecular weight excluding hydrogens is 400 g/mol. The van der Waals surface area contributed by atoms with Gasteiger partial charge in [0, 0.05) is 11.1 Å². The van der Waals surface area contributed by atoms with E-state index in [4.69, 9.17) is 14.1 Å². The number of hydrogen-bond acceptors (Lipinski definition) is 9. The zero-order chi connectivity index (χ0) is 18.5. The summed E-state index contributed by atoms with van der Waals surface area (Å²) in [5.41, 5.74) is 2.03. The second-order valence-electron chi connectivity index (χ2n) is 5.44. The molecule has 27 heavy (non-hydrogen) atoms. The summed E-state index contributed by atoms with van der Waals surface area (Å²) in [6.07, 6.45) is 1.66. The Morgan fingerprint density at radius 2 is 2.11 bits per heavy atom. The Morgan fingerprint density at radius 3 is 2.96 bits per heavy atom. The quantitative estimate of drug-likeness (QED) is 0.397. The average Bonchev–Trinajstić information content (AvgIpc) is 3.46. The first-order valence-electron chi connectivity index (χ1n) is 8.12. The SMILES string of the molecule is COc1ccccc1-c1nc(CSc2nnc(NCc3ccco3)s2)cs1. The lowest BCUT2D eigenvalue weighted by Crippen LogP contribution is -1.96. The molecule has 4 aromatic rings. The molecule has 0 radical (unpaired) electrons. The summed E-state index contributed by atoms with van der Waals surface area (Å²) in [4.78, 5) is 4.73. The lowest BCUT2D eigenvalue weighted by atomic mass is 10.2. The summed E-state index contributed by atoms with van der Waals surface area (Å²) < 4.78 is 11.6. The molecule has 3 heterocycles. The number of hydrogen-bond donors (Lipinski definition) is 1. The number of aromatic nitrogens is 3. The van der Waals surface area contributed by atoms with Gasteiger partial charge in [0.15, 0.2) is 4.34 Å². The van der Waals surface area contributed by atoms with Gasteiger partial charge in [0.1, 0.15) is 16.5 Å². The van der Waals surface area contributed by atoms with Crippen molar-refractivity contribution in [1.82, 2.24) is 15.2 Å². The number of nitrogens with zero attached hydrogens (tertiary/aromatic N) is 3. The van der Waals surface area contributed by atoms with Crippen LogP contribution in [0.4, 0.5) is 5.13 Å². The van der Waals surface area contributed by atoms with Crippen molar-refractivity contribution >= 4 is 39.6 Å². The molecule has 0 saturated carbocycles. The Balaban J connectivity index is 1.35. The Bertz CT molecular complexity index is 998. The highest BCUT2D eigenvalue weighted by molar-refractivity contribution is 8.00. The van der Waals surface area contributed by atoms with Crippen LogP contribution in [-0.2, 0) is 12.3 Å². The first kappa shape index (κ1) is 18.0. The lowest BCUT2D eigenvalue weighted by Gasteiger charge is -2.04. The van der Waals surface area contributed by atoms with Crippen LogP contribution in [0, 0.1) is 0 Å². The summed E-state index contributed by atoms with van der Waals surface area (Å²) in [6.45, 7) is 0.598. The molecule has 0 aliphatic carbocycles. The highest BCUT2D eigenvalue weighted by Gasteiger charge is 2.11. The van der Waals surface area contributed by atoms with Crippen molar-refractivity contribution in [2.24, 2.45) is 0 Å². The highest BCUT2D eigenvalue weighted by Crippen LogP contribution is 2.34. The molecule has 0 spiro atoms. The number of nitrogens with one attached hydrogen (secondary N) is 1. The summed E-state index contributed by atoms with van der Waals surface area (Å²) in [5.74, 6) is 2.45. The fraction of sp³-hybridized carbons (Fsp3) is 0.167. The molecule has 0 aliphatic rings. The summed E-state index contributed by atoms with van der Waals surface area (Å²) in [7, 11) is 1.68. The van der Waals surface area contributed by atoms with Crippen molar-refractivity contribution in [3.05, 3.63) is 59.5 Å². The van der Waals surface area contributed by atoms with E-state index >= 15 is 0 Å². The number of rotatable bonds is 8. The minimum atomic E-state index is 0.598. The largest absolute Gasteiger partial charge is 0.496 e. The van der Waals surface area contributed by atoms with Crippen molar-refractivity contribution in [3.8, 4) is 16.3 Å². The van der Waals surface area contributed by atoms with Gasteiger partial charge in [0.2, 0.25) is 5.13 Å². The number of thiazole rings is 1. The summed E-state index contributed by atoms with van der Waals surface area (Å²) in [6, 6.07) is 11.7. The number of para-hydroxylation sites is 1. The van der Waals surface area contributed by atoms with E-state index in [9.17, 15) is 0 Å². The van der Waals surface area contributed by atoms with Gasteiger partial charge in [0.05, 0.1) is 31.2 Å². The van der Waals surface area contributed by atoms with Gasteiger partial charge in [-0.25, -0.2) is 4.98 Å². The van der Waals surface area contributed by atoms with Crippen LogP contribution in [0.25, 0.3) is 10.6 Å². The molecule has 1 N–H and O–H groups in total. The molecule has 0 amide bonds. The molecule has 0 fully saturated rings. The molecule has 0 aliphatic heterocycles. The van der Waals surface area contributed by atoms with Crippen LogP contribution in [0.2, 0.25) is 0 Å². The summed E-state index contributed by atoms with van der Waals surface area (Å²) in [5, 5.41) is 15.4. The van der Waals surface area contributed by atoms with Crippen molar-refractivity contribution in [3.63, 3.8) is 0 Å². The molecule has 6 nitrogen and oxygen atoms in total. The molecule has 0 bridgehead atoms. The number of anilines is 1. The normalized spacial score (nSPS) is 10.9. The van der Waals surface area contributed by atoms with E-state index in [2.05, 4.69) is 20.9 Å². The van der Waals surface area contributed by atoms with Crippen molar-refractivity contribution < 1.29 is 9.15 Å². The third-order valence-corrected chi connectivity index (χ3v) is 6.61. The smallest absolute Gasteiger partial charge is 0.206 e. The van der Waals surface area contributed by atoms with E-state index in [1.807, 2.05) is 36.4 Å². The second-order valence-corrected chi connectivity index (χ2v) is 8.50.